The van der Waals surface area contributed by atoms with Crippen LogP contribution in [-0.4, -0.2) is 10.9 Å². The minimum atomic E-state index is 0.448. The molecule has 0 radical (unpaired) electrons. The summed E-state index contributed by atoms with van der Waals surface area (Å²) < 4.78 is 0. The average molecular weight is 270 g/mol. The standard InChI is InChI=1S/C18H26N2/c1-17(2)13-7-8-18(3,9-13)16(17)20-10-12-5-4-6-15(19)14(12)11-20/h4-6,13,16H,7-11,19H2,1-3H3. The summed E-state index contributed by atoms with van der Waals surface area (Å²) in [6.07, 6.45) is 4.27. The maximum atomic E-state index is 6.18. The second kappa shape index (κ2) is 3.79. The maximum absolute atomic E-state index is 6.18. The van der Waals surface area contributed by atoms with Gasteiger partial charge >= 0.3 is 0 Å². The van der Waals surface area contributed by atoms with Gasteiger partial charge in [-0.1, -0.05) is 32.9 Å². The first kappa shape index (κ1) is 12.7. The molecular formula is C18H26N2. The molecule has 1 aliphatic heterocycles. The summed E-state index contributed by atoms with van der Waals surface area (Å²) in [5, 5.41) is 0. The Hall–Kier alpha value is -1.02. The second-order valence-corrected chi connectivity index (χ2v) is 8.21. The smallest absolute Gasteiger partial charge is 0.0363 e. The van der Waals surface area contributed by atoms with Gasteiger partial charge in [0.2, 0.25) is 0 Å². The van der Waals surface area contributed by atoms with E-state index >= 15 is 0 Å². The van der Waals surface area contributed by atoms with E-state index in [0.717, 1.165) is 24.7 Å². The van der Waals surface area contributed by atoms with Gasteiger partial charge in [-0.3, -0.25) is 4.90 Å². The molecule has 1 aromatic rings. The molecule has 2 fully saturated rings. The van der Waals surface area contributed by atoms with E-state index < -0.39 is 0 Å². The number of anilines is 1. The van der Waals surface area contributed by atoms with Gasteiger partial charge in [-0.15, -0.1) is 0 Å². The number of benzene rings is 1. The molecule has 4 rings (SSSR count). The van der Waals surface area contributed by atoms with Gasteiger partial charge in [0.05, 0.1) is 0 Å². The van der Waals surface area contributed by atoms with Gasteiger partial charge in [0.1, 0.15) is 0 Å². The molecule has 3 unspecified atom stereocenters. The molecule has 2 bridgehead atoms. The van der Waals surface area contributed by atoms with E-state index in [9.17, 15) is 0 Å². The van der Waals surface area contributed by atoms with E-state index in [1.807, 2.05) is 0 Å². The van der Waals surface area contributed by atoms with Crippen LogP contribution in [0.4, 0.5) is 5.69 Å². The van der Waals surface area contributed by atoms with Crippen LogP contribution in [0.1, 0.15) is 51.2 Å². The van der Waals surface area contributed by atoms with Crippen molar-refractivity contribution < 1.29 is 0 Å². The SMILES string of the molecule is CC12CCC(C1)C(C)(C)C2N1Cc2cccc(N)c2C1. The lowest BCUT2D eigenvalue weighted by molar-refractivity contribution is 0.000840. The van der Waals surface area contributed by atoms with Gasteiger partial charge in [-0.25, -0.2) is 0 Å². The zero-order valence-corrected chi connectivity index (χ0v) is 12.9. The molecular weight excluding hydrogens is 244 g/mol. The number of nitrogens with zero attached hydrogens (tertiary/aromatic N) is 1. The third kappa shape index (κ3) is 1.49. The lowest BCUT2D eigenvalue weighted by Crippen LogP contribution is -2.50. The molecule has 0 spiro atoms. The van der Waals surface area contributed by atoms with Crippen LogP contribution in [0.25, 0.3) is 0 Å². The van der Waals surface area contributed by atoms with Crippen LogP contribution in [0.5, 0.6) is 0 Å². The Balaban J connectivity index is 1.69. The summed E-state index contributed by atoms with van der Waals surface area (Å²) in [5.41, 5.74) is 11.0. The fourth-order valence-corrected chi connectivity index (χ4v) is 5.84. The average Bonchev–Trinajstić information content (AvgIpc) is 2.98. The number of hydrogen-bond donors (Lipinski definition) is 1. The molecule has 2 nitrogen and oxygen atoms in total. The highest BCUT2D eigenvalue weighted by atomic mass is 15.2. The van der Waals surface area contributed by atoms with E-state index in [2.05, 4.69) is 43.9 Å². The first-order valence-electron chi connectivity index (χ1n) is 8.02. The Bertz CT molecular complexity index is 558. The molecule has 0 aromatic heterocycles. The minimum absolute atomic E-state index is 0.448. The van der Waals surface area contributed by atoms with Crippen LogP contribution >= 0.6 is 0 Å². The topological polar surface area (TPSA) is 29.3 Å². The molecule has 3 aliphatic rings. The summed E-state index contributed by atoms with van der Waals surface area (Å²) in [6, 6.07) is 7.12. The van der Waals surface area contributed by atoms with Crippen LogP contribution in [0.3, 0.4) is 0 Å². The van der Waals surface area contributed by atoms with E-state index in [1.54, 1.807) is 0 Å². The molecule has 1 aromatic carbocycles. The lowest BCUT2D eigenvalue weighted by atomic mass is 9.67. The van der Waals surface area contributed by atoms with Gasteiger partial charge in [-0.05, 0) is 53.2 Å². The van der Waals surface area contributed by atoms with Crippen molar-refractivity contribution in [2.45, 2.75) is 59.2 Å². The van der Waals surface area contributed by atoms with Crippen LogP contribution in [0, 0.1) is 16.7 Å². The largest absolute Gasteiger partial charge is 0.398 e. The summed E-state index contributed by atoms with van der Waals surface area (Å²) in [7, 11) is 0. The summed E-state index contributed by atoms with van der Waals surface area (Å²) in [4.78, 5) is 2.72. The molecule has 2 N–H and O–H groups in total. The van der Waals surface area contributed by atoms with Crippen molar-refractivity contribution in [3.05, 3.63) is 29.3 Å². The van der Waals surface area contributed by atoms with Crippen LogP contribution < -0.4 is 5.73 Å². The zero-order chi connectivity index (χ0) is 14.1. The first-order chi connectivity index (χ1) is 9.42. The van der Waals surface area contributed by atoms with Gasteiger partial charge in [0.25, 0.3) is 0 Å². The molecule has 0 saturated heterocycles. The van der Waals surface area contributed by atoms with E-state index in [-0.39, 0.29) is 0 Å². The number of fused-ring (bicyclic) bond motifs is 3. The van der Waals surface area contributed by atoms with Crippen molar-refractivity contribution >= 4 is 5.69 Å². The Morgan fingerprint density at radius 3 is 2.65 bits per heavy atom. The Morgan fingerprint density at radius 1 is 1.20 bits per heavy atom. The van der Waals surface area contributed by atoms with Gasteiger partial charge < -0.3 is 5.73 Å². The van der Waals surface area contributed by atoms with Crippen molar-refractivity contribution in [1.29, 1.82) is 0 Å². The van der Waals surface area contributed by atoms with Crippen LogP contribution in [0.2, 0.25) is 0 Å². The van der Waals surface area contributed by atoms with E-state index in [0.29, 0.717) is 16.9 Å². The summed E-state index contributed by atoms with van der Waals surface area (Å²) in [5.74, 6) is 0.915. The number of hydrogen-bond acceptors (Lipinski definition) is 2. The molecule has 3 atom stereocenters. The number of nitrogens with two attached hydrogens (primary N) is 1. The molecule has 2 heteroatoms. The van der Waals surface area contributed by atoms with Crippen LogP contribution in [-0.2, 0) is 13.1 Å². The van der Waals surface area contributed by atoms with E-state index in [1.165, 1.54) is 30.4 Å². The highest BCUT2D eigenvalue weighted by Gasteiger charge is 2.61. The predicted octanol–water partition coefficient (Wildman–Crippen LogP) is 3.80. The molecule has 2 aliphatic carbocycles. The quantitative estimate of drug-likeness (QED) is 0.786. The van der Waals surface area contributed by atoms with Gasteiger partial charge in [0.15, 0.2) is 0 Å². The molecule has 0 amide bonds. The Morgan fingerprint density at radius 2 is 2.00 bits per heavy atom. The predicted molar refractivity (Wildman–Crippen MR) is 83.1 cm³/mol. The van der Waals surface area contributed by atoms with Crippen molar-refractivity contribution in [3.8, 4) is 0 Å². The maximum Gasteiger partial charge on any atom is 0.0363 e. The highest BCUT2D eigenvalue weighted by molar-refractivity contribution is 5.52. The normalized spacial score (nSPS) is 38.4. The first-order valence-corrected chi connectivity index (χ1v) is 8.02. The van der Waals surface area contributed by atoms with Crippen molar-refractivity contribution in [2.24, 2.45) is 16.7 Å². The lowest BCUT2D eigenvalue weighted by Gasteiger charge is -2.47. The monoisotopic (exact) mass is 270 g/mol. The molecule has 20 heavy (non-hydrogen) atoms. The minimum Gasteiger partial charge on any atom is -0.398 e. The van der Waals surface area contributed by atoms with E-state index in [4.69, 9.17) is 5.73 Å². The van der Waals surface area contributed by atoms with Gasteiger partial charge in [0, 0.05) is 24.8 Å². The Kier molecular flexibility index (Phi) is 2.41. The second-order valence-electron chi connectivity index (χ2n) is 8.21. The third-order valence-electron chi connectivity index (χ3n) is 6.60. The highest BCUT2D eigenvalue weighted by Crippen LogP contribution is 2.64. The van der Waals surface area contributed by atoms with Crippen molar-refractivity contribution in [3.63, 3.8) is 0 Å². The van der Waals surface area contributed by atoms with Gasteiger partial charge in [-0.2, -0.15) is 0 Å². The number of rotatable bonds is 1. The van der Waals surface area contributed by atoms with Crippen molar-refractivity contribution in [2.75, 3.05) is 5.73 Å². The Labute approximate surface area is 122 Å². The number of nitrogen functional groups attached to an aromatic ring is 1. The molecule has 108 valence electrons. The fraction of sp³-hybridized carbons (Fsp3) is 0.667. The zero-order valence-electron chi connectivity index (χ0n) is 12.9. The fourth-order valence-electron chi connectivity index (χ4n) is 5.84. The third-order valence-corrected chi connectivity index (χ3v) is 6.60. The molecule has 2 saturated carbocycles. The summed E-state index contributed by atoms with van der Waals surface area (Å²) >= 11 is 0. The molecule has 1 heterocycles. The van der Waals surface area contributed by atoms with Crippen molar-refractivity contribution in [1.82, 2.24) is 4.90 Å². The van der Waals surface area contributed by atoms with Crippen LogP contribution in [0.15, 0.2) is 18.2 Å². The summed E-state index contributed by atoms with van der Waals surface area (Å²) in [6.45, 7) is 9.67.